The molecule has 0 atom stereocenters. The van der Waals surface area contributed by atoms with Gasteiger partial charge in [0.15, 0.2) is 5.16 Å². The summed E-state index contributed by atoms with van der Waals surface area (Å²) in [5, 5.41) is 20.1. The van der Waals surface area contributed by atoms with E-state index < -0.39 is 0 Å². The lowest BCUT2D eigenvalue weighted by Gasteiger charge is -2.08. The minimum atomic E-state index is -0.140. The van der Waals surface area contributed by atoms with E-state index in [1.807, 2.05) is 43.3 Å². The molecule has 0 spiro atoms. The second kappa shape index (κ2) is 7.42. The molecular formula is C18H15ClN6OS. The van der Waals surface area contributed by atoms with Crippen molar-refractivity contribution < 1.29 is 4.79 Å². The summed E-state index contributed by atoms with van der Waals surface area (Å²) in [6, 6.07) is 11.4. The first-order valence-electron chi connectivity index (χ1n) is 8.13. The van der Waals surface area contributed by atoms with Crippen LogP contribution in [0.4, 0.5) is 5.69 Å². The summed E-state index contributed by atoms with van der Waals surface area (Å²) < 4.78 is 1.80. The van der Waals surface area contributed by atoms with Crippen LogP contribution >= 0.6 is 23.4 Å². The fourth-order valence-corrected chi connectivity index (χ4v) is 3.52. The molecule has 0 saturated carbocycles. The average Bonchev–Trinajstić information content (AvgIpc) is 3.32. The van der Waals surface area contributed by atoms with Gasteiger partial charge in [0.1, 0.15) is 6.33 Å². The summed E-state index contributed by atoms with van der Waals surface area (Å²) in [6.45, 7) is 1.94. The number of anilines is 1. The van der Waals surface area contributed by atoms with Crippen LogP contribution in [-0.4, -0.2) is 36.6 Å². The molecule has 0 aliphatic rings. The zero-order valence-electron chi connectivity index (χ0n) is 14.3. The zero-order chi connectivity index (χ0) is 18.8. The van der Waals surface area contributed by atoms with E-state index in [9.17, 15) is 4.79 Å². The normalized spacial score (nSPS) is 11.0. The summed E-state index contributed by atoms with van der Waals surface area (Å²) in [4.78, 5) is 12.4. The van der Waals surface area contributed by atoms with Gasteiger partial charge in [-0.2, -0.15) is 5.10 Å². The fraction of sp³-hybridized carbons (Fsp3) is 0.111. The third kappa shape index (κ3) is 3.67. The van der Waals surface area contributed by atoms with Gasteiger partial charge in [0.25, 0.3) is 0 Å². The first-order chi connectivity index (χ1) is 13.1. The SMILES string of the molecule is Cc1ccc(-n2cnnc2SCC(=O)Nc2cccc3cn[nH]c23)cc1Cl. The molecule has 9 heteroatoms. The maximum Gasteiger partial charge on any atom is 0.234 e. The molecule has 27 heavy (non-hydrogen) atoms. The van der Waals surface area contributed by atoms with Crippen molar-refractivity contribution in [2.24, 2.45) is 0 Å². The molecule has 1 amide bonds. The van der Waals surface area contributed by atoms with Crippen molar-refractivity contribution >= 4 is 45.9 Å². The van der Waals surface area contributed by atoms with Crippen molar-refractivity contribution in [2.45, 2.75) is 12.1 Å². The number of aromatic amines is 1. The summed E-state index contributed by atoms with van der Waals surface area (Å²) in [5.74, 6) is 0.0570. The number of carbonyl (C=O) groups is 1. The third-order valence-electron chi connectivity index (χ3n) is 4.03. The molecule has 2 N–H and O–H groups in total. The van der Waals surface area contributed by atoms with E-state index in [0.717, 1.165) is 22.2 Å². The van der Waals surface area contributed by atoms with Gasteiger partial charge in [0.05, 0.1) is 28.8 Å². The first-order valence-corrected chi connectivity index (χ1v) is 9.49. The maximum atomic E-state index is 12.4. The molecule has 0 radical (unpaired) electrons. The molecular weight excluding hydrogens is 384 g/mol. The number of hydrogen-bond acceptors (Lipinski definition) is 5. The van der Waals surface area contributed by atoms with Crippen LogP contribution in [-0.2, 0) is 4.79 Å². The first kappa shape index (κ1) is 17.6. The fourth-order valence-electron chi connectivity index (χ4n) is 2.62. The van der Waals surface area contributed by atoms with Crippen LogP contribution in [0.2, 0.25) is 5.02 Å². The van der Waals surface area contributed by atoms with Crippen LogP contribution < -0.4 is 5.32 Å². The number of nitrogens with zero attached hydrogens (tertiary/aromatic N) is 4. The van der Waals surface area contributed by atoms with E-state index in [2.05, 4.69) is 25.7 Å². The van der Waals surface area contributed by atoms with Crippen LogP contribution in [0.25, 0.3) is 16.6 Å². The summed E-state index contributed by atoms with van der Waals surface area (Å²) in [7, 11) is 0. The van der Waals surface area contributed by atoms with Gasteiger partial charge in [-0.25, -0.2) is 0 Å². The summed E-state index contributed by atoms with van der Waals surface area (Å²) in [6.07, 6.45) is 3.32. The molecule has 0 unspecified atom stereocenters. The number of hydrogen-bond donors (Lipinski definition) is 2. The summed E-state index contributed by atoms with van der Waals surface area (Å²) in [5.41, 5.74) is 3.34. The highest BCUT2D eigenvalue weighted by molar-refractivity contribution is 7.99. The molecule has 0 saturated heterocycles. The van der Waals surface area contributed by atoms with Crippen molar-refractivity contribution in [3.8, 4) is 5.69 Å². The molecule has 7 nitrogen and oxygen atoms in total. The quantitative estimate of drug-likeness (QED) is 0.499. The number of nitrogens with one attached hydrogen (secondary N) is 2. The second-order valence-corrected chi connectivity index (χ2v) is 7.24. The van der Waals surface area contributed by atoms with Crippen molar-refractivity contribution in [1.82, 2.24) is 25.0 Å². The van der Waals surface area contributed by atoms with E-state index in [0.29, 0.717) is 15.9 Å². The van der Waals surface area contributed by atoms with E-state index in [4.69, 9.17) is 11.6 Å². The smallest absolute Gasteiger partial charge is 0.234 e. The van der Waals surface area contributed by atoms with Crippen LogP contribution in [0.1, 0.15) is 5.56 Å². The number of benzene rings is 2. The van der Waals surface area contributed by atoms with E-state index >= 15 is 0 Å². The van der Waals surface area contributed by atoms with Gasteiger partial charge in [0, 0.05) is 10.4 Å². The molecule has 0 aliphatic heterocycles. The molecule has 2 aromatic heterocycles. The number of H-pyrrole nitrogens is 1. The highest BCUT2D eigenvalue weighted by Gasteiger charge is 2.12. The Labute approximate surface area is 164 Å². The lowest BCUT2D eigenvalue weighted by atomic mass is 10.2. The van der Waals surface area contributed by atoms with Crippen LogP contribution in [0.3, 0.4) is 0 Å². The average molecular weight is 399 g/mol. The summed E-state index contributed by atoms with van der Waals surface area (Å²) >= 11 is 7.51. The van der Waals surface area contributed by atoms with Gasteiger partial charge in [0.2, 0.25) is 5.91 Å². The van der Waals surface area contributed by atoms with Crippen molar-refractivity contribution in [3.05, 3.63) is 59.5 Å². The largest absolute Gasteiger partial charge is 0.323 e. The van der Waals surface area contributed by atoms with Gasteiger partial charge in [-0.3, -0.25) is 14.5 Å². The van der Waals surface area contributed by atoms with E-state index in [-0.39, 0.29) is 11.7 Å². The number of para-hydroxylation sites is 1. The Morgan fingerprint density at radius 2 is 2.22 bits per heavy atom. The lowest BCUT2D eigenvalue weighted by Crippen LogP contribution is -2.14. The van der Waals surface area contributed by atoms with Gasteiger partial charge < -0.3 is 5.32 Å². The van der Waals surface area contributed by atoms with Gasteiger partial charge in [-0.15, -0.1) is 10.2 Å². The van der Waals surface area contributed by atoms with E-state index in [1.165, 1.54) is 11.8 Å². The predicted octanol–water partition coefficient (Wildman–Crippen LogP) is 3.84. The number of aryl methyl sites for hydroxylation is 1. The Kier molecular flexibility index (Phi) is 4.83. The number of rotatable bonds is 5. The highest BCUT2D eigenvalue weighted by Crippen LogP contribution is 2.25. The maximum absolute atomic E-state index is 12.4. The van der Waals surface area contributed by atoms with Crippen LogP contribution in [0, 0.1) is 6.92 Å². The molecule has 0 bridgehead atoms. The number of thioether (sulfide) groups is 1. The third-order valence-corrected chi connectivity index (χ3v) is 5.38. The van der Waals surface area contributed by atoms with Crippen molar-refractivity contribution in [3.63, 3.8) is 0 Å². The lowest BCUT2D eigenvalue weighted by molar-refractivity contribution is -0.113. The Hall–Kier alpha value is -2.84. The molecule has 0 fully saturated rings. The van der Waals surface area contributed by atoms with Crippen molar-refractivity contribution in [1.29, 1.82) is 0 Å². The van der Waals surface area contributed by atoms with Crippen LogP contribution in [0.5, 0.6) is 0 Å². The molecule has 0 aliphatic carbocycles. The van der Waals surface area contributed by atoms with Crippen molar-refractivity contribution in [2.75, 3.05) is 11.1 Å². The Morgan fingerprint density at radius 3 is 3.07 bits per heavy atom. The molecule has 4 aromatic rings. The number of amides is 1. The standard InChI is InChI=1S/C18H15ClN6OS/c1-11-5-6-13(7-14(11)19)25-10-21-24-18(25)27-9-16(26)22-15-4-2-3-12-8-20-23-17(12)15/h2-8,10H,9H2,1H3,(H,20,23)(H,22,26). The second-order valence-electron chi connectivity index (χ2n) is 5.89. The topological polar surface area (TPSA) is 88.5 Å². The van der Waals surface area contributed by atoms with Gasteiger partial charge >= 0.3 is 0 Å². The number of fused-ring (bicyclic) bond motifs is 1. The number of aromatic nitrogens is 5. The zero-order valence-corrected chi connectivity index (χ0v) is 15.9. The van der Waals surface area contributed by atoms with Crippen LogP contribution in [0.15, 0.2) is 54.1 Å². The number of carbonyl (C=O) groups excluding carboxylic acids is 1. The Morgan fingerprint density at radius 1 is 1.33 bits per heavy atom. The van der Waals surface area contributed by atoms with Gasteiger partial charge in [-0.05, 0) is 30.7 Å². The Bertz CT molecular complexity index is 1120. The monoisotopic (exact) mass is 398 g/mol. The molecule has 4 rings (SSSR count). The molecule has 136 valence electrons. The van der Waals surface area contributed by atoms with Gasteiger partial charge in [-0.1, -0.05) is 41.6 Å². The number of halogens is 1. The minimum Gasteiger partial charge on any atom is -0.323 e. The highest BCUT2D eigenvalue weighted by atomic mass is 35.5. The Balaban J connectivity index is 1.46. The van der Waals surface area contributed by atoms with E-state index in [1.54, 1.807) is 17.1 Å². The predicted molar refractivity (Wildman–Crippen MR) is 107 cm³/mol. The molecule has 2 heterocycles. The minimum absolute atomic E-state index is 0.140. The molecule has 2 aromatic carbocycles.